The molecule has 0 bridgehead atoms. The van der Waals surface area contributed by atoms with Crippen molar-refractivity contribution in [3.8, 4) is 0 Å². The van der Waals surface area contributed by atoms with Crippen molar-refractivity contribution < 1.29 is 0 Å². The van der Waals surface area contributed by atoms with E-state index in [2.05, 4.69) is 20.4 Å². The summed E-state index contributed by atoms with van der Waals surface area (Å²) in [7, 11) is 0. The molecule has 1 aliphatic carbocycles. The predicted molar refractivity (Wildman–Crippen MR) is 62.3 cm³/mol. The van der Waals surface area contributed by atoms with Crippen molar-refractivity contribution in [2.45, 2.75) is 29.1 Å². The van der Waals surface area contributed by atoms with Gasteiger partial charge in [-0.3, -0.25) is 4.57 Å². The van der Waals surface area contributed by atoms with Gasteiger partial charge >= 0.3 is 5.69 Å². The van der Waals surface area contributed by atoms with E-state index >= 15 is 0 Å². The molecule has 1 aliphatic rings. The van der Waals surface area contributed by atoms with Crippen LogP contribution in [-0.4, -0.2) is 25.0 Å². The lowest BCUT2D eigenvalue weighted by Gasteiger charge is -2.01. The van der Waals surface area contributed by atoms with E-state index in [9.17, 15) is 4.79 Å². The van der Waals surface area contributed by atoms with Crippen LogP contribution in [0.3, 0.4) is 0 Å². The molecule has 3 rings (SSSR count). The Kier molecular flexibility index (Phi) is 2.64. The first kappa shape index (κ1) is 10.8. The summed E-state index contributed by atoms with van der Waals surface area (Å²) < 4.78 is 1.67. The topological polar surface area (TPSA) is 76.5 Å². The summed E-state index contributed by atoms with van der Waals surface area (Å²) in [5.74, 6) is 0. The second-order valence-corrected chi connectivity index (χ2v) is 5.08. The fraction of sp³-hybridized carbons (Fsp3) is 0.333. The summed E-state index contributed by atoms with van der Waals surface area (Å²) in [6.45, 7) is 0. The van der Waals surface area contributed by atoms with Gasteiger partial charge in [0.05, 0.1) is 0 Å². The number of halogens is 1. The van der Waals surface area contributed by atoms with Crippen LogP contribution in [0.4, 0.5) is 0 Å². The maximum absolute atomic E-state index is 11.5. The van der Waals surface area contributed by atoms with Gasteiger partial charge in [0.25, 0.3) is 0 Å². The van der Waals surface area contributed by atoms with Gasteiger partial charge in [-0.2, -0.15) is 0 Å². The first-order valence-electron chi connectivity index (χ1n) is 5.08. The van der Waals surface area contributed by atoms with E-state index in [0.29, 0.717) is 15.3 Å². The summed E-state index contributed by atoms with van der Waals surface area (Å²) in [6, 6.07) is 3.68. The SMILES string of the molecule is O=c1[nH]nc(Sc2ccc(Cl)nn2)n1C1CC1. The van der Waals surface area contributed by atoms with Crippen LogP contribution < -0.4 is 5.69 Å². The van der Waals surface area contributed by atoms with Crippen molar-refractivity contribution in [3.05, 3.63) is 27.8 Å². The molecular weight excluding hydrogens is 262 g/mol. The minimum atomic E-state index is -0.170. The molecule has 0 saturated heterocycles. The van der Waals surface area contributed by atoms with Crippen molar-refractivity contribution in [2.24, 2.45) is 0 Å². The Morgan fingerprint density at radius 1 is 1.41 bits per heavy atom. The van der Waals surface area contributed by atoms with E-state index in [1.807, 2.05) is 0 Å². The molecule has 0 atom stereocenters. The third-order valence-corrected chi connectivity index (χ3v) is 3.49. The van der Waals surface area contributed by atoms with Crippen LogP contribution in [0.5, 0.6) is 0 Å². The zero-order chi connectivity index (χ0) is 11.8. The van der Waals surface area contributed by atoms with Crippen molar-refractivity contribution in [3.63, 3.8) is 0 Å². The monoisotopic (exact) mass is 269 g/mol. The normalized spacial score (nSPS) is 15.1. The van der Waals surface area contributed by atoms with Gasteiger partial charge < -0.3 is 0 Å². The molecule has 1 N–H and O–H groups in total. The fourth-order valence-corrected chi connectivity index (χ4v) is 2.40. The Morgan fingerprint density at radius 3 is 2.88 bits per heavy atom. The van der Waals surface area contributed by atoms with Gasteiger partial charge in [0.1, 0.15) is 5.03 Å². The number of rotatable bonds is 3. The molecule has 0 aromatic carbocycles. The average molecular weight is 270 g/mol. The second kappa shape index (κ2) is 4.15. The van der Waals surface area contributed by atoms with Crippen LogP contribution in [0.15, 0.2) is 27.1 Å². The van der Waals surface area contributed by atoms with Gasteiger partial charge in [-0.05, 0) is 36.7 Å². The van der Waals surface area contributed by atoms with Crippen LogP contribution >= 0.6 is 23.4 Å². The van der Waals surface area contributed by atoms with Crippen molar-refractivity contribution in [2.75, 3.05) is 0 Å². The minimum absolute atomic E-state index is 0.170. The Balaban J connectivity index is 1.90. The Hall–Kier alpha value is -1.34. The Labute approximate surface area is 105 Å². The highest BCUT2D eigenvalue weighted by Crippen LogP contribution is 2.37. The largest absolute Gasteiger partial charge is 0.344 e. The van der Waals surface area contributed by atoms with Crippen molar-refractivity contribution >= 4 is 23.4 Å². The number of nitrogens with one attached hydrogen (secondary N) is 1. The van der Waals surface area contributed by atoms with Crippen molar-refractivity contribution in [1.29, 1.82) is 0 Å². The van der Waals surface area contributed by atoms with E-state index in [0.717, 1.165) is 12.8 Å². The van der Waals surface area contributed by atoms with Crippen LogP contribution in [0.25, 0.3) is 0 Å². The number of H-pyrrole nitrogens is 1. The highest BCUT2D eigenvalue weighted by atomic mass is 35.5. The van der Waals surface area contributed by atoms with Crippen LogP contribution in [-0.2, 0) is 0 Å². The molecule has 0 aliphatic heterocycles. The lowest BCUT2D eigenvalue weighted by Crippen LogP contribution is -2.16. The van der Waals surface area contributed by atoms with Crippen LogP contribution in [0, 0.1) is 0 Å². The lowest BCUT2D eigenvalue weighted by atomic mass is 10.6. The molecule has 2 aromatic heterocycles. The molecule has 2 aromatic rings. The molecule has 2 heterocycles. The fourth-order valence-electron chi connectivity index (χ4n) is 1.47. The maximum Gasteiger partial charge on any atom is 0.344 e. The van der Waals surface area contributed by atoms with E-state index in [1.165, 1.54) is 11.8 Å². The highest BCUT2D eigenvalue weighted by Gasteiger charge is 2.28. The summed E-state index contributed by atoms with van der Waals surface area (Å²) in [5.41, 5.74) is -0.170. The quantitative estimate of drug-likeness (QED) is 0.914. The van der Waals surface area contributed by atoms with E-state index in [-0.39, 0.29) is 11.7 Å². The van der Waals surface area contributed by atoms with Crippen LogP contribution in [0.1, 0.15) is 18.9 Å². The van der Waals surface area contributed by atoms with Gasteiger partial charge in [0.2, 0.25) is 0 Å². The number of aromatic nitrogens is 5. The number of aromatic amines is 1. The molecule has 88 valence electrons. The summed E-state index contributed by atoms with van der Waals surface area (Å²) in [5, 5.41) is 15.7. The molecule has 1 fully saturated rings. The van der Waals surface area contributed by atoms with E-state index in [4.69, 9.17) is 11.6 Å². The zero-order valence-electron chi connectivity index (χ0n) is 8.63. The molecule has 8 heteroatoms. The first-order chi connectivity index (χ1) is 8.24. The molecule has 1 saturated carbocycles. The minimum Gasteiger partial charge on any atom is -0.267 e. The Morgan fingerprint density at radius 2 is 2.24 bits per heavy atom. The average Bonchev–Trinajstić information content (AvgIpc) is 3.08. The van der Waals surface area contributed by atoms with Crippen LogP contribution in [0.2, 0.25) is 5.15 Å². The highest BCUT2D eigenvalue weighted by molar-refractivity contribution is 7.99. The molecule has 0 amide bonds. The van der Waals surface area contributed by atoms with E-state index in [1.54, 1.807) is 16.7 Å². The lowest BCUT2D eigenvalue weighted by molar-refractivity contribution is 0.642. The van der Waals surface area contributed by atoms with Gasteiger partial charge in [0.15, 0.2) is 10.3 Å². The molecule has 17 heavy (non-hydrogen) atoms. The zero-order valence-corrected chi connectivity index (χ0v) is 10.2. The summed E-state index contributed by atoms with van der Waals surface area (Å²) >= 11 is 6.95. The third kappa shape index (κ3) is 2.20. The number of hydrogen-bond acceptors (Lipinski definition) is 5. The summed E-state index contributed by atoms with van der Waals surface area (Å²) in [4.78, 5) is 11.5. The second-order valence-electron chi connectivity index (χ2n) is 3.71. The summed E-state index contributed by atoms with van der Waals surface area (Å²) in [6.07, 6.45) is 2.05. The first-order valence-corrected chi connectivity index (χ1v) is 6.27. The number of nitrogens with zero attached hydrogens (tertiary/aromatic N) is 4. The molecule has 6 nitrogen and oxygen atoms in total. The smallest absolute Gasteiger partial charge is 0.267 e. The standard InChI is InChI=1S/C9H8ClN5OS/c10-6-3-4-7(12-11-6)17-9-14-13-8(16)15(9)5-1-2-5/h3-5H,1-2H2,(H,13,16). The Bertz CT molecular complexity index is 588. The maximum atomic E-state index is 11.5. The van der Waals surface area contributed by atoms with Gasteiger partial charge in [-0.15, -0.1) is 15.3 Å². The van der Waals surface area contributed by atoms with Gasteiger partial charge in [-0.25, -0.2) is 9.89 Å². The third-order valence-electron chi connectivity index (χ3n) is 2.39. The molecule has 0 spiro atoms. The van der Waals surface area contributed by atoms with Crippen molar-refractivity contribution in [1.82, 2.24) is 25.0 Å². The molecule has 0 radical (unpaired) electrons. The molecule has 0 unspecified atom stereocenters. The van der Waals surface area contributed by atoms with Gasteiger partial charge in [-0.1, -0.05) is 11.6 Å². The van der Waals surface area contributed by atoms with Gasteiger partial charge in [0, 0.05) is 6.04 Å². The number of hydrogen-bond donors (Lipinski definition) is 1. The predicted octanol–water partition coefficient (Wildman–Crippen LogP) is 1.50. The van der Waals surface area contributed by atoms with E-state index < -0.39 is 0 Å². The molecular formula is C9H8ClN5OS.